The Morgan fingerprint density at radius 3 is 2.33 bits per heavy atom. The van der Waals surface area contributed by atoms with E-state index in [1.165, 1.54) is 0 Å². The van der Waals surface area contributed by atoms with Crippen molar-refractivity contribution in [1.29, 1.82) is 0 Å². The zero-order valence-electron chi connectivity index (χ0n) is 7.00. The number of hydrogen-bond donors (Lipinski definition) is 1. The first-order valence-corrected chi connectivity index (χ1v) is 4.69. The van der Waals surface area contributed by atoms with Crippen molar-refractivity contribution in [3.05, 3.63) is 6.92 Å². The van der Waals surface area contributed by atoms with Crippen LogP contribution in [0.25, 0.3) is 0 Å². The summed E-state index contributed by atoms with van der Waals surface area (Å²) in [7, 11) is 0. The van der Waals surface area contributed by atoms with Crippen LogP contribution >= 0.6 is 11.6 Å². The topological polar surface area (TPSA) is 37.3 Å². The van der Waals surface area contributed by atoms with E-state index >= 15 is 0 Å². The second kappa shape index (κ2) is 4.24. The number of carbonyl (C=O) groups is 1. The Labute approximate surface area is 77.9 Å². The molecular weight excluding hydrogens is 176 g/mol. The van der Waals surface area contributed by atoms with Gasteiger partial charge in [-0.2, -0.15) is 0 Å². The molecular formula is C9H14ClO2. The molecule has 0 aromatic heterocycles. The highest BCUT2D eigenvalue weighted by Crippen LogP contribution is 2.30. The quantitative estimate of drug-likeness (QED) is 0.673. The van der Waals surface area contributed by atoms with E-state index in [4.69, 9.17) is 11.6 Å². The maximum absolute atomic E-state index is 10.8. The molecule has 1 saturated carbocycles. The van der Waals surface area contributed by atoms with Crippen molar-refractivity contribution in [1.82, 2.24) is 0 Å². The van der Waals surface area contributed by atoms with E-state index in [0.717, 1.165) is 25.7 Å². The molecule has 2 nitrogen and oxygen atoms in total. The van der Waals surface area contributed by atoms with Gasteiger partial charge in [0.05, 0.1) is 6.10 Å². The molecule has 1 rings (SSSR count). The Morgan fingerprint density at radius 2 is 1.92 bits per heavy atom. The second-order valence-electron chi connectivity index (χ2n) is 3.48. The standard InChI is InChI=1S/C9H14ClO2/c1-6(9(10)12)7-2-4-8(11)5-3-7/h6-8,11H,1-5H2. The van der Waals surface area contributed by atoms with Gasteiger partial charge >= 0.3 is 0 Å². The predicted molar refractivity (Wildman–Crippen MR) is 47.7 cm³/mol. The maximum Gasteiger partial charge on any atom is 0.224 e. The van der Waals surface area contributed by atoms with Crippen LogP contribution in [-0.2, 0) is 4.79 Å². The summed E-state index contributed by atoms with van der Waals surface area (Å²) in [6.45, 7) is 3.72. The van der Waals surface area contributed by atoms with E-state index in [0.29, 0.717) is 0 Å². The van der Waals surface area contributed by atoms with Gasteiger partial charge in [-0.05, 0) is 50.1 Å². The number of rotatable bonds is 2. The molecule has 0 amide bonds. The number of carbonyl (C=O) groups excluding carboxylic acids is 1. The molecule has 0 bridgehead atoms. The highest BCUT2D eigenvalue weighted by Gasteiger charge is 2.27. The molecule has 0 saturated heterocycles. The van der Waals surface area contributed by atoms with E-state index in [-0.39, 0.29) is 23.2 Å². The monoisotopic (exact) mass is 189 g/mol. The summed E-state index contributed by atoms with van der Waals surface area (Å²) < 4.78 is 0. The van der Waals surface area contributed by atoms with Crippen molar-refractivity contribution in [2.75, 3.05) is 0 Å². The van der Waals surface area contributed by atoms with Crippen molar-refractivity contribution in [3.8, 4) is 0 Å². The predicted octanol–water partition coefficient (Wildman–Crippen LogP) is 1.75. The smallest absolute Gasteiger partial charge is 0.224 e. The lowest BCUT2D eigenvalue weighted by Gasteiger charge is -2.27. The summed E-state index contributed by atoms with van der Waals surface area (Å²) in [5, 5.41) is 8.86. The second-order valence-corrected chi connectivity index (χ2v) is 3.85. The zero-order valence-corrected chi connectivity index (χ0v) is 7.76. The molecule has 0 aromatic rings. The number of halogens is 1. The third-order valence-corrected chi connectivity index (χ3v) is 2.88. The van der Waals surface area contributed by atoms with E-state index in [9.17, 15) is 9.90 Å². The first kappa shape index (κ1) is 10.0. The largest absolute Gasteiger partial charge is 0.393 e. The third-order valence-electron chi connectivity index (χ3n) is 2.60. The van der Waals surface area contributed by atoms with Crippen LogP contribution < -0.4 is 0 Å². The van der Waals surface area contributed by atoms with Crippen LogP contribution in [-0.4, -0.2) is 16.5 Å². The molecule has 0 heterocycles. The summed E-state index contributed by atoms with van der Waals surface area (Å²) in [5.41, 5.74) is 0. The minimum absolute atomic E-state index is 0.182. The molecule has 0 spiro atoms. The fourth-order valence-corrected chi connectivity index (χ4v) is 1.87. The molecule has 12 heavy (non-hydrogen) atoms. The third kappa shape index (κ3) is 2.46. The van der Waals surface area contributed by atoms with Gasteiger partial charge in [0.2, 0.25) is 5.24 Å². The number of aliphatic hydroxyl groups excluding tert-OH is 1. The average molecular weight is 190 g/mol. The molecule has 3 heteroatoms. The van der Waals surface area contributed by atoms with E-state index in [2.05, 4.69) is 6.92 Å². The van der Waals surface area contributed by atoms with Crippen LogP contribution in [0.3, 0.4) is 0 Å². The lowest BCUT2D eigenvalue weighted by Crippen LogP contribution is -2.25. The first-order valence-electron chi connectivity index (χ1n) is 4.31. The van der Waals surface area contributed by atoms with E-state index < -0.39 is 0 Å². The lowest BCUT2D eigenvalue weighted by molar-refractivity contribution is -0.115. The summed E-state index contributed by atoms with van der Waals surface area (Å²) >= 11 is 5.33. The lowest BCUT2D eigenvalue weighted by atomic mass is 9.80. The Balaban J connectivity index is 2.39. The zero-order chi connectivity index (χ0) is 9.14. The maximum atomic E-state index is 10.8. The summed E-state index contributed by atoms with van der Waals surface area (Å²) in [5.74, 6) is -0.0161. The van der Waals surface area contributed by atoms with Gasteiger partial charge in [-0.3, -0.25) is 4.79 Å². The minimum Gasteiger partial charge on any atom is -0.393 e. The molecule has 1 unspecified atom stereocenters. The van der Waals surface area contributed by atoms with Crippen LogP contribution in [0.5, 0.6) is 0 Å². The van der Waals surface area contributed by atoms with Crippen molar-refractivity contribution >= 4 is 16.8 Å². The molecule has 69 valence electrons. The summed E-state index contributed by atoms with van der Waals surface area (Å²) in [6.07, 6.45) is 3.11. The van der Waals surface area contributed by atoms with Gasteiger partial charge in [-0.1, -0.05) is 0 Å². The fourth-order valence-electron chi connectivity index (χ4n) is 1.69. The summed E-state index contributed by atoms with van der Waals surface area (Å²) in [4.78, 5) is 10.8. The molecule has 1 aliphatic rings. The fraction of sp³-hybridized carbons (Fsp3) is 0.778. The average Bonchev–Trinajstić information content (AvgIpc) is 2.04. The van der Waals surface area contributed by atoms with Crippen molar-refractivity contribution in [2.24, 2.45) is 11.8 Å². The van der Waals surface area contributed by atoms with Gasteiger partial charge in [0.15, 0.2) is 0 Å². The number of aliphatic hydroxyl groups is 1. The molecule has 1 atom stereocenters. The molecule has 1 N–H and O–H groups in total. The van der Waals surface area contributed by atoms with Gasteiger partial charge in [0, 0.05) is 5.92 Å². The van der Waals surface area contributed by atoms with Gasteiger partial charge in [-0.25, -0.2) is 0 Å². The van der Waals surface area contributed by atoms with Crippen molar-refractivity contribution in [2.45, 2.75) is 31.8 Å². The van der Waals surface area contributed by atoms with Gasteiger partial charge in [0.25, 0.3) is 0 Å². The van der Waals surface area contributed by atoms with E-state index in [1.54, 1.807) is 0 Å². The van der Waals surface area contributed by atoms with Gasteiger partial charge < -0.3 is 5.11 Å². The minimum atomic E-state index is -0.351. The SMILES string of the molecule is [CH2]C(C(=O)Cl)C1CCC(O)CC1. The van der Waals surface area contributed by atoms with Crippen LogP contribution in [0.1, 0.15) is 25.7 Å². The van der Waals surface area contributed by atoms with Crippen molar-refractivity contribution < 1.29 is 9.90 Å². The Hall–Kier alpha value is -0.0800. The van der Waals surface area contributed by atoms with Crippen LogP contribution in [0.15, 0.2) is 0 Å². The normalized spacial score (nSPS) is 32.9. The van der Waals surface area contributed by atoms with Crippen LogP contribution in [0, 0.1) is 18.8 Å². The first-order chi connectivity index (χ1) is 5.61. The summed E-state index contributed by atoms with van der Waals surface area (Å²) in [6, 6.07) is 0. The Bertz CT molecular complexity index is 162. The van der Waals surface area contributed by atoms with E-state index in [1.807, 2.05) is 0 Å². The molecule has 0 aliphatic heterocycles. The van der Waals surface area contributed by atoms with Gasteiger partial charge in [-0.15, -0.1) is 0 Å². The highest BCUT2D eigenvalue weighted by atomic mass is 35.5. The van der Waals surface area contributed by atoms with Gasteiger partial charge in [0.1, 0.15) is 0 Å². The molecule has 1 radical (unpaired) electrons. The molecule has 1 aliphatic carbocycles. The van der Waals surface area contributed by atoms with Crippen LogP contribution in [0.2, 0.25) is 0 Å². The van der Waals surface area contributed by atoms with Crippen LogP contribution in [0.4, 0.5) is 0 Å². The Morgan fingerprint density at radius 1 is 1.42 bits per heavy atom. The molecule has 0 aromatic carbocycles. The number of hydrogen-bond acceptors (Lipinski definition) is 2. The Kier molecular flexibility index (Phi) is 3.53. The molecule has 1 fully saturated rings. The highest BCUT2D eigenvalue weighted by molar-refractivity contribution is 6.64. The van der Waals surface area contributed by atoms with Crippen molar-refractivity contribution in [3.63, 3.8) is 0 Å².